The fourth-order valence-corrected chi connectivity index (χ4v) is 4.28. The molecule has 2 fully saturated rings. The highest BCUT2D eigenvalue weighted by Gasteiger charge is 2.43. The smallest absolute Gasteiger partial charge is 0.318 e. The number of rotatable bonds is 6. The summed E-state index contributed by atoms with van der Waals surface area (Å²) in [5.41, 5.74) is 0. The second-order valence-electron chi connectivity index (χ2n) is 6.36. The summed E-state index contributed by atoms with van der Waals surface area (Å²) in [6.45, 7) is 2.05. The number of amides is 2. The number of fused-ring (bicyclic) bond motifs is 2. The van der Waals surface area contributed by atoms with Crippen LogP contribution in [0.25, 0.3) is 0 Å². The lowest BCUT2D eigenvalue weighted by atomic mass is 9.88. The van der Waals surface area contributed by atoms with E-state index >= 15 is 0 Å². The van der Waals surface area contributed by atoms with Crippen LogP contribution in [0.3, 0.4) is 0 Å². The summed E-state index contributed by atoms with van der Waals surface area (Å²) in [7, 11) is 0. The monoisotopic (exact) mass is 314 g/mol. The maximum absolute atomic E-state index is 12.5. The third-order valence-electron chi connectivity index (χ3n) is 4.65. The summed E-state index contributed by atoms with van der Waals surface area (Å²) in [5.74, 6) is 0.565. The minimum atomic E-state index is -0.719. The van der Waals surface area contributed by atoms with Gasteiger partial charge in [0.05, 0.1) is 0 Å². The van der Waals surface area contributed by atoms with Crippen LogP contribution in [0.15, 0.2) is 0 Å². The van der Waals surface area contributed by atoms with Crippen LogP contribution in [0, 0.1) is 5.92 Å². The van der Waals surface area contributed by atoms with Crippen molar-refractivity contribution in [3.8, 4) is 0 Å². The van der Waals surface area contributed by atoms with Crippen LogP contribution in [-0.4, -0.2) is 52.1 Å². The molecule has 2 aliphatic rings. The number of carboxylic acids is 1. The van der Waals surface area contributed by atoms with E-state index in [1.807, 2.05) is 11.8 Å². The number of carbonyl (C=O) groups is 2. The molecule has 2 amide bonds. The van der Waals surface area contributed by atoms with Crippen LogP contribution >= 0.6 is 11.8 Å². The molecule has 3 atom stereocenters. The van der Waals surface area contributed by atoms with E-state index in [2.05, 4.69) is 11.6 Å². The van der Waals surface area contributed by atoms with E-state index in [9.17, 15) is 9.59 Å². The van der Waals surface area contributed by atoms with Crippen molar-refractivity contribution in [3.05, 3.63) is 0 Å². The predicted molar refractivity (Wildman–Crippen MR) is 84.6 cm³/mol. The van der Waals surface area contributed by atoms with E-state index in [1.165, 1.54) is 0 Å². The zero-order valence-electron chi connectivity index (χ0n) is 12.9. The summed E-state index contributed by atoms with van der Waals surface area (Å²) in [4.78, 5) is 25.3. The SMILES string of the molecule is CSCCC(C)NC(=O)N1C2CCC1CC(CC(=O)O)C2. The molecule has 5 nitrogen and oxygen atoms in total. The quantitative estimate of drug-likeness (QED) is 0.790. The summed E-state index contributed by atoms with van der Waals surface area (Å²) in [6.07, 6.45) is 7.03. The molecule has 0 aromatic rings. The number of hydrogen-bond acceptors (Lipinski definition) is 3. The highest BCUT2D eigenvalue weighted by molar-refractivity contribution is 7.98. The Morgan fingerprint density at radius 2 is 1.95 bits per heavy atom. The van der Waals surface area contributed by atoms with E-state index in [-0.39, 0.29) is 36.5 Å². The molecular formula is C15H26N2O3S. The topological polar surface area (TPSA) is 69.6 Å². The Kier molecular flexibility index (Phi) is 5.79. The van der Waals surface area contributed by atoms with Crippen LogP contribution < -0.4 is 5.32 Å². The Morgan fingerprint density at radius 3 is 2.48 bits per heavy atom. The van der Waals surface area contributed by atoms with Crippen LogP contribution in [-0.2, 0) is 4.79 Å². The van der Waals surface area contributed by atoms with Gasteiger partial charge in [0.2, 0.25) is 0 Å². The Bertz CT molecular complexity index is 377. The van der Waals surface area contributed by atoms with Crippen LogP contribution in [0.4, 0.5) is 4.79 Å². The molecule has 2 aliphatic heterocycles. The second-order valence-corrected chi connectivity index (χ2v) is 7.35. The molecule has 2 rings (SSSR count). The molecule has 0 radical (unpaired) electrons. The molecule has 2 saturated heterocycles. The minimum Gasteiger partial charge on any atom is -0.481 e. The molecule has 0 saturated carbocycles. The molecule has 2 N–H and O–H groups in total. The molecular weight excluding hydrogens is 288 g/mol. The van der Waals surface area contributed by atoms with Gasteiger partial charge in [-0.1, -0.05) is 0 Å². The molecule has 2 bridgehead atoms. The van der Waals surface area contributed by atoms with E-state index in [1.54, 1.807) is 11.8 Å². The first kappa shape index (κ1) is 16.5. The summed E-state index contributed by atoms with van der Waals surface area (Å²) >= 11 is 1.79. The standard InChI is InChI=1S/C15H26N2O3S/c1-10(5-6-21-2)16-15(20)17-12-3-4-13(17)8-11(7-12)9-14(18)19/h10-13H,3-9H2,1-2H3,(H,16,20)(H,18,19). The highest BCUT2D eigenvalue weighted by Crippen LogP contribution is 2.39. The molecule has 21 heavy (non-hydrogen) atoms. The number of thioether (sulfide) groups is 1. The minimum absolute atomic E-state index is 0.0462. The molecule has 0 aromatic heterocycles. The molecule has 2 heterocycles. The van der Waals surface area contributed by atoms with Gasteiger partial charge in [0.25, 0.3) is 0 Å². The van der Waals surface area contributed by atoms with Gasteiger partial charge in [-0.05, 0) is 57.0 Å². The van der Waals surface area contributed by atoms with Gasteiger partial charge in [-0.2, -0.15) is 11.8 Å². The third-order valence-corrected chi connectivity index (χ3v) is 5.30. The number of nitrogens with zero attached hydrogens (tertiary/aromatic N) is 1. The van der Waals surface area contributed by atoms with Gasteiger partial charge in [0.1, 0.15) is 0 Å². The number of carboxylic acid groups (broad SMARTS) is 1. The van der Waals surface area contributed by atoms with Crippen molar-refractivity contribution in [2.24, 2.45) is 5.92 Å². The van der Waals surface area contributed by atoms with Crippen molar-refractivity contribution in [3.63, 3.8) is 0 Å². The Labute approximate surface area is 130 Å². The first-order chi connectivity index (χ1) is 10.0. The average molecular weight is 314 g/mol. The largest absolute Gasteiger partial charge is 0.481 e. The molecule has 3 unspecified atom stereocenters. The first-order valence-corrected chi connectivity index (χ1v) is 9.20. The van der Waals surface area contributed by atoms with Gasteiger partial charge in [-0.15, -0.1) is 0 Å². The fraction of sp³-hybridized carbons (Fsp3) is 0.867. The van der Waals surface area contributed by atoms with Gasteiger partial charge in [-0.25, -0.2) is 4.79 Å². The van der Waals surface area contributed by atoms with E-state index in [0.29, 0.717) is 0 Å². The fourth-order valence-electron chi connectivity index (χ4n) is 3.69. The van der Waals surface area contributed by atoms with Crippen LogP contribution in [0.1, 0.15) is 45.4 Å². The van der Waals surface area contributed by atoms with Crippen LogP contribution in [0.5, 0.6) is 0 Å². The molecule has 120 valence electrons. The second kappa shape index (κ2) is 7.38. The summed E-state index contributed by atoms with van der Waals surface area (Å²) < 4.78 is 0. The number of piperidine rings is 1. The molecule has 0 spiro atoms. The Balaban J connectivity index is 1.87. The van der Waals surface area contributed by atoms with E-state index in [0.717, 1.165) is 37.9 Å². The number of carbonyl (C=O) groups excluding carboxylic acids is 1. The van der Waals surface area contributed by atoms with Crippen molar-refractivity contribution in [2.45, 2.75) is 63.6 Å². The molecule has 6 heteroatoms. The summed E-state index contributed by atoms with van der Waals surface area (Å²) in [5, 5.41) is 12.0. The molecule has 0 aliphatic carbocycles. The third kappa shape index (κ3) is 4.28. The van der Waals surface area contributed by atoms with Gasteiger partial charge < -0.3 is 15.3 Å². The zero-order valence-corrected chi connectivity index (χ0v) is 13.7. The van der Waals surface area contributed by atoms with Crippen LogP contribution in [0.2, 0.25) is 0 Å². The van der Waals surface area contributed by atoms with Crippen molar-refractivity contribution in [2.75, 3.05) is 12.0 Å². The lowest BCUT2D eigenvalue weighted by molar-refractivity contribution is -0.138. The van der Waals surface area contributed by atoms with E-state index in [4.69, 9.17) is 5.11 Å². The highest BCUT2D eigenvalue weighted by atomic mass is 32.2. The zero-order chi connectivity index (χ0) is 15.4. The van der Waals surface area contributed by atoms with Gasteiger partial charge >= 0.3 is 12.0 Å². The Hall–Kier alpha value is -0.910. The van der Waals surface area contributed by atoms with Crippen molar-refractivity contribution in [1.29, 1.82) is 0 Å². The number of urea groups is 1. The average Bonchev–Trinajstić information content (AvgIpc) is 2.68. The first-order valence-electron chi connectivity index (χ1n) is 7.80. The van der Waals surface area contributed by atoms with Gasteiger partial charge in [0, 0.05) is 24.5 Å². The van der Waals surface area contributed by atoms with Crippen molar-refractivity contribution >= 4 is 23.8 Å². The number of nitrogens with one attached hydrogen (secondary N) is 1. The Morgan fingerprint density at radius 1 is 1.33 bits per heavy atom. The lowest BCUT2D eigenvalue weighted by Crippen LogP contribution is -2.52. The maximum Gasteiger partial charge on any atom is 0.318 e. The van der Waals surface area contributed by atoms with Crippen molar-refractivity contribution < 1.29 is 14.7 Å². The molecule has 0 aromatic carbocycles. The van der Waals surface area contributed by atoms with Crippen molar-refractivity contribution in [1.82, 2.24) is 10.2 Å². The van der Waals surface area contributed by atoms with Gasteiger partial charge in [-0.3, -0.25) is 4.79 Å². The summed E-state index contributed by atoms with van der Waals surface area (Å²) in [6, 6.07) is 0.715. The maximum atomic E-state index is 12.5. The normalized spacial score (nSPS) is 29.2. The lowest BCUT2D eigenvalue weighted by Gasteiger charge is -2.39. The van der Waals surface area contributed by atoms with Gasteiger partial charge in [0.15, 0.2) is 0 Å². The predicted octanol–water partition coefficient (Wildman–Crippen LogP) is 2.56. The number of hydrogen-bond donors (Lipinski definition) is 2. The van der Waals surface area contributed by atoms with E-state index < -0.39 is 5.97 Å². The number of aliphatic carboxylic acids is 1.